The molecule has 0 radical (unpaired) electrons. The molecule has 0 aromatic carbocycles. The summed E-state index contributed by atoms with van der Waals surface area (Å²) < 4.78 is 1.73. The van der Waals surface area contributed by atoms with Gasteiger partial charge < -0.3 is 10.4 Å². The number of aromatic nitrogens is 3. The first-order valence-corrected chi connectivity index (χ1v) is 9.71. The lowest BCUT2D eigenvalue weighted by Gasteiger charge is -2.25. The minimum atomic E-state index is -0.771. The Bertz CT molecular complexity index is 953. The summed E-state index contributed by atoms with van der Waals surface area (Å²) in [6.45, 7) is 5.85. The van der Waals surface area contributed by atoms with E-state index in [4.69, 9.17) is 5.11 Å². The Hall–Kier alpha value is -3.22. The molecule has 1 aliphatic rings. The largest absolute Gasteiger partial charge is 0.481 e. The van der Waals surface area contributed by atoms with Crippen LogP contribution in [-0.2, 0) is 16.6 Å². The van der Waals surface area contributed by atoms with Gasteiger partial charge >= 0.3 is 5.97 Å². The van der Waals surface area contributed by atoms with Gasteiger partial charge in [-0.1, -0.05) is 12.7 Å². The third-order valence-corrected chi connectivity index (χ3v) is 5.41. The van der Waals surface area contributed by atoms with Gasteiger partial charge in [-0.25, -0.2) is 4.98 Å². The van der Waals surface area contributed by atoms with Crippen molar-refractivity contribution >= 4 is 29.3 Å². The van der Waals surface area contributed by atoms with Gasteiger partial charge in [0, 0.05) is 30.9 Å². The van der Waals surface area contributed by atoms with E-state index < -0.39 is 5.97 Å². The third-order valence-electron chi connectivity index (χ3n) is 5.41. The van der Waals surface area contributed by atoms with Crippen LogP contribution in [-0.4, -0.2) is 31.7 Å². The van der Waals surface area contributed by atoms with Gasteiger partial charge in [0.1, 0.15) is 5.82 Å². The smallest absolute Gasteiger partial charge is 0.306 e. The Labute approximate surface area is 170 Å². The Kier molecular flexibility index (Phi) is 6.26. The van der Waals surface area contributed by atoms with Crippen LogP contribution in [0.25, 0.3) is 11.6 Å². The first kappa shape index (κ1) is 20.5. The molecule has 0 aliphatic heterocycles. The fourth-order valence-electron chi connectivity index (χ4n) is 3.59. The van der Waals surface area contributed by atoms with Gasteiger partial charge in [0.25, 0.3) is 0 Å². The highest BCUT2D eigenvalue weighted by Crippen LogP contribution is 2.30. The minimum absolute atomic E-state index is 0.101. The summed E-state index contributed by atoms with van der Waals surface area (Å²) >= 11 is 0. The van der Waals surface area contributed by atoms with Crippen molar-refractivity contribution in [1.82, 2.24) is 14.8 Å². The highest BCUT2D eigenvalue weighted by atomic mass is 16.4. The maximum atomic E-state index is 12.6. The number of amides is 1. The summed E-state index contributed by atoms with van der Waals surface area (Å²) in [4.78, 5) is 28.0. The van der Waals surface area contributed by atoms with Gasteiger partial charge in [0.15, 0.2) is 0 Å². The Morgan fingerprint density at radius 1 is 1.24 bits per heavy atom. The van der Waals surface area contributed by atoms with E-state index in [0.717, 1.165) is 22.3 Å². The van der Waals surface area contributed by atoms with Crippen LogP contribution in [0.1, 0.15) is 42.4 Å². The van der Waals surface area contributed by atoms with E-state index in [9.17, 15) is 9.59 Å². The highest BCUT2D eigenvalue weighted by Gasteiger charge is 2.29. The van der Waals surface area contributed by atoms with Gasteiger partial charge in [-0.3, -0.25) is 14.3 Å². The Balaban J connectivity index is 1.73. The summed E-state index contributed by atoms with van der Waals surface area (Å²) in [7, 11) is 1.86. The molecule has 1 fully saturated rings. The molecule has 0 atom stereocenters. The average molecular weight is 394 g/mol. The Morgan fingerprint density at radius 2 is 1.93 bits per heavy atom. The average Bonchev–Trinajstić information content (AvgIpc) is 3.14. The molecule has 29 heavy (non-hydrogen) atoms. The second-order valence-corrected chi connectivity index (χ2v) is 7.51. The molecule has 0 saturated heterocycles. The molecule has 0 spiro atoms. The number of carboxylic acids is 1. The molecule has 2 aromatic rings. The summed E-state index contributed by atoms with van der Waals surface area (Å²) in [6, 6.07) is 1.84. The number of pyridine rings is 1. The molecule has 2 heterocycles. The van der Waals surface area contributed by atoms with Crippen LogP contribution in [0.4, 0.5) is 5.82 Å². The SMILES string of the molecule is C=C/C(=C\c1cc(NC(=O)C2CCC(C(=O)O)CC2)ncc1C)c1cnn(C)c1. The van der Waals surface area contributed by atoms with Gasteiger partial charge in [-0.2, -0.15) is 5.10 Å². The number of nitrogens with one attached hydrogen (secondary N) is 1. The number of allylic oxidation sites excluding steroid dienone is 2. The summed E-state index contributed by atoms with van der Waals surface area (Å²) in [5.41, 5.74) is 3.80. The highest BCUT2D eigenvalue weighted by molar-refractivity contribution is 5.93. The standard InChI is InChI=1S/C22H26N4O3/c1-4-15(19-12-24-26(3)13-19)9-18-10-20(23-11-14(18)2)25-21(27)16-5-7-17(8-6-16)22(28)29/h4,9-13,16-17H,1,5-8H2,2-3H3,(H,28,29)(H,23,25,27)/b15-9+. The van der Waals surface area contributed by atoms with Crippen LogP contribution in [0.5, 0.6) is 0 Å². The van der Waals surface area contributed by atoms with Crippen molar-refractivity contribution in [3.8, 4) is 0 Å². The molecule has 1 amide bonds. The van der Waals surface area contributed by atoms with E-state index in [2.05, 4.69) is 22.0 Å². The number of carboxylic acid groups (broad SMARTS) is 1. The van der Waals surface area contributed by atoms with Gasteiger partial charge in [0.2, 0.25) is 5.91 Å². The zero-order valence-corrected chi connectivity index (χ0v) is 16.8. The molecule has 0 unspecified atom stereocenters. The first-order chi connectivity index (χ1) is 13.9. The number of nitrogens with zero attached hydrogens (tertiary/aromatic N) is 3. The zero-order chi connectivity index (χ0) is 21.0. The predicted octanol–water partition coefficient (Wildman–Crippen LogP) is 3.68. The van der Waals surface area contributed by atoms with Gasteiger partial charge in [-0.15, -0.1) is 0 Å². The van der Waals surface area contributed by atoms with E-state index in [1.165, 1.54) is 0 Å². The maximum absolute atomic E-state index is 12.6. The molecular formula is C22H26N4O3. The van der Waals surface area contributed by atoms with E-state index in [1.807, 2.05) is 32.3 Å². The van der Waals surface area contributed by atoms with Crippen LogP contribution < -0.4 is 5.32 Å². The summed E-state index contributed by atoms with van der Waals surface area (Å²) in [5, 5.41) is 16.2. The fourth-order valence-corrected chi connectivity index (χ4v) is 3.59. The number of anilines is 1. The minimum Gasteiger partial charge on any atom is -0.481 e. The van der Waals surface area contributed by atoms with Gasteiger partial charge in [-0.05, 0) is 61.4 Å². The van der Waals surface area contributed by atoms with E-state index in [-0.39, 0.29) is 17.7 Å². The van der Waals surface area contributed by atoms with E-state index in [0.29, 0.717) is 31.5 Å². The van der Waals surface area contributed by atoms with Crippen LogP contribution in [0, 0.1) is 18.8 Å². The summed E-state index contributed by atoms with van der Waals surface area (Å²) in [6.07, 6.45) is 11.4. The van der Waals surface area contributed by atoms with Crippen molar-refractivity contribution < 1.29 is 14.7 Å². The lowest BCUT2D eigenvalue weighted by atomic mass is 9.81. The molecule has 1 saturated carbocycles. The molecule has 2 aromatic heterocycles. The van der Waals surface area contributed by atoms with E-state index >= 15 is 0 Å². The molecule has 1 aliphatic carbocycles. The predicted molar refractivity (Wildman–Crippen MR) is 112 cm³/mol. The molecule has 3 rings (SSSR count). The number of hydrogen-bond acceptors (Lipinski definition) is 4. The lowest BCUT2D eigenvalue weighted by molar-refractivity contribution is -0.143. The van der Waals surface area contributed by atoms with E-state index in [1.54, 1.807) is 23.2 Å². The second kappa shape index (κ2) is 8.86. The van der Waals surface area contributed by atoms with Crippen LogP contribution in [0.2, 0.25) is 0 Å². The first-order valence-electron chi connectivity index (χ1n) is 9.71. The number of aliphatic carboxylic acids is 1. The number of hydrogen-bond donors (Lipinski definition) is 2. The molecule has 2 N–H and O–H groups in total. The maximum Gasteiger partial charge on any atom is 0.306 e. The Morgan fingerprint density at radius 3 is 2.52 bits per heavy atom. The van der Waals surface area contributed by atoms with Crippen molar-refractivity contribution in [2.45, 2.75) is 32.6 Å². The van der Waals surface area contributed by atoms with Crippen LogP contribution in [0.15, 0.2) is 37.3 Å². The molecule has 7 heteroatoms. The van der Waals surface area contributed by atoms with Crippen LogP contribution in [0.3, 0.4) is 0 Å². The molecule has 7 nitrogen and oxygen atoms in total. The third kappa shape index (κ3) is 4.99. The fraction of sp³-hybridized carbons (Fsp3) is 0.364. The van der Waals surface area contributed by atoms with Gasteiger partial charge in [0.05, 0.1) is 12.1 Å². The molecule has 152 valence electrons. The normalized spacial score (nSPS) is 19.6. The zero-order valence-electron chi connectivity index (χ0n) is 16.8. The number of carbonyl (C=O) groups is 2. The van der Waals surface area contributed by atoms with Crippen molar-refractivity contribution in [1.29, 1.82) is 0 Å². The quantitative estimate of drug-likeness (QED) is 0.729. The molecular weight excluding hydrogens is 368 g/mol. The molecule has 0 bridgehead atoms. The lowest BCUT2D eigenvalue weighted by Crippen LogP contribution is -2.29. The second-order valence-electron chi connectivity index (χ2n) is 7.51. The topological polar surface area (TPSA) is 97.1 Å². The van der Waals surface area contributed by atoms with Crippen LogP contribution >= 0.6 is 0 Å². The number of aryl methyl sites for hydroxylation is 2. The summed E-state index contributed by atoms with van der Waals surface area (Å²) in [5.74, 6) is -0.893. The number of rotatable bonds is 6. The monoisotopic (exact) mass is 394 g/mol. The van der Waals surface area contributed by atoms with Crippen molar-refractivity contribution in [2.75, 3.05) is 5.32 Å². The van der Waals surface area contributed by atoms with Crippen molar-refractivity contribution in [2.24, 2.45) is 18.9 Å². The number of carbonyl (C=O) groups excluding carboxylic acids is 1. The van der Waals surface area contributed by atoms with Crippen molar-refractivity contribution in [3.63, 3.8) is 0 Å². The van der Waals surface area contributed by atoms with Crippen molar-refractivity contribution in [3.05, 3.63) is 54.0 Å².